The average Bonchev–Trinajstić information content (AvgIpc) is 2.55. The molecule has 0 aromatic heterocycles. The first-order valence-electron chi connectivity index (χ1n) is 7.92. The number of amidine groups is 1. The van der Waals surface area contributed by atoms with Crippen LogP contribution in [0.1, 0.15) is 12.5 Å². The van der Waals surface area contributed by atoms with Crippen LogP contribution in [-0.2, 0) is 19.6 Å². The Morgan fingerprint density at radius 1 is 1.19 bits per heavy atom. The molecule has 0 unspecified atom stereocenters. The molecular weight excluding hydrogens is 356 g/mol. The van der Waals surface area contributed by atoms with Crippen molar-refractivity contribution in [2.45, 2.75) is 13.8 Å². The third kappa shape index (κ3) is 3.99. The predicted octanol–water partition coefficient (Wildman–Crippen LogP) is 1.39. The largest absolute Gasteiger partial charge is 0.330 e. The fourth-order valence-electron chi connectivity index (χ4n) is 2.61. The minimum absolute atomic E-state index is 0.0838. The number of benzene rings is 1. The highest BCUT2D eigenvalue weighted by molar-refractivity contribution is 7.90. The first-order valence-corrected chi connectivity index (χ1v) is 9.53. The summed E-state index contributed by atoms with van der Waals surface area (Å²) in [5.41, 5.74) is 2.49. The van der Waals surface area contributed by atoms with E-state index in [1.807, 2.05) is 6.92 Å². The van der Waals surface area contributed by atoms with Crippen molar-refractivity contribution in [1.82, 2.24) is 4.90 Å². The van der Waals surface area contributed by atoms with Crippen molar-refractivity contribution >= 4 is 39.0 Å². The number of anilines is 2. The van der Waals surface area contributed by atoms with E-state index in [-0.39, 0.29) is 24.1 Å². The van der Waals surface area contributed by atoms with Crippen molar-refractivity contribution in [3.05, 3.63) is 47.7 Å². The monoisotopic (exact) mass is 374 g/mol. The molecule has 1 aromatic carbocycles. The van der Waals surface area contributed by atoms with E-state index in [1.54, 1.807) is 29.3 Å². The molecule has 136 valence electrons. The van der Waals surface area contributed by atoms with Crippen LogP contribution in [-0.4, -0.2) is 43.3 Å². The molecule has 0 aliphatic carbocycles. The maximum absolute atomic E-state index is 12.5. The van der Waals surface area contributed by atoms with Crippen molar-refractivity contribution in [2.24, 2.45) is 4.40 Å². The third-order valence-corrected chi connectivity index (χ3v) is 5.04. The van der Waals surface area contributed by atoms with E-state index in [0.29, 0.717) is 22.8 Å². The van der Waals surface area contributed by atoms with E-state index >= 15 is 0 Å². The number of carbonyl (C=O) groups excluding carboxylic acids is 2. The molecule has 2 aliphatic rings. The molecule has 26 heavy (non-hydrogen) atoms. The molecule has 2 amide bonds. The van der Waals surface area contributed by atoms with E-state index in [1.165, 1.54) is 19.1 Å². The lowest BCUT2D eigenvalue weighted by atomic mass is 10.1. The van der Waals surface area contributed by atoms with Gasteiger partial charge in [-0.05, 0) is 42.8 Å². The van der Waals surface area contributed by atoms with Crippen LogP contribution in [0.3, 0.4) is 0 Å². The first kappa shape index (κ1) is 17.9. The maximum atomic E-state index is 12.5. The van der Waals surface area contributed by atoms with E-state index in [4.69, 9.17) is 0 Å². The van der Waals surface area contributed by atoms with Gasteiger partial charge in [0, 0.05) is 31.0 Å². The lowest BCUT2D eigenvalue weighted by molar-refractivity contribution is -0.114. The molecular formula is C17H18N4O4S. The van der Waals surface area contributed by atoms with Crippen LogP contribution in [0.4, 0.5) is 11.4 Å². The van der Waals surface area contributed by atoms with Crippen LogP contribution >= 0.6 is 0 Å². The molecule has 2 N–H and O–H groups in total. The summed E-state index contributed by atoms with van der Waals surface area (Å²) in [6.45, 7) is 3.52. The highest BCUT2D eigenvalue weighted by atomic mass is 32.2. The standard InChI is InChI=1S/C17H18N4O4S/c1-11-9-14(4-5-15(11)18-12(2)22)19-17(23)13-3-6-16-20-26(24,25)8-7-21(16)10-13/h3-6,9-10H,7-8H2,1-2H3,(H,18,22)(H,19,23). The summed E-state index contributed by atoms with van der Waals surface area (Å²) in [4.78, 5) is 25.2. The zero-order valence-electron chi connectivity index (χ0n) is 14.3. The normalized spacial score (nSPS) is 17.7. The molecule has 8 nitrogen and oxygen atoms in total. The van der Waals surface area contributed by atoms with Gasteiger partial charge in [0.25, 0.3) is 15.9 Å². The zero-order chi connectivity index (χ0) is 18.9. The molecule has 0 radical (unpaired) electrons. The number of fused-ring (bicyclic) bond motifs is 1. The Bertz CT molecular complexity index is 976. The molecule has 9 heteroatoms. The van der Waals surface area contributed by atoms with E-state index in [2.05, 4.69) is 15.0 Å². The molecule has 0 bridgehead atoms. The topological polar surface area (TPSA) is 108 Å². The number of sulfonamides is 1. The minimum atomic E-state index is -3.42. The van der Waals surface area contributed by atoms with Crippen molar-refractivity contribution < 1.29 is 18.0 Å². The highest BCUT2D eigenvalue weighted by Gasteiger charge is 2.25. The van der Waals surface area contributed by atoms with E-state index < -0.39 is 10.0 Å². The smallest absolute Gasteiger partial charge is 0.257 e. The SMILES string of the molecule is CC(=O)Nc1ccc(NC(=O)C2=CN3CCS(=O)(=O)N=C3C=C2)cc1C. The average molecular weight is 374 g/mol. The summed E-state index contributed by atoms with van der Waals surface area (Å²) in [5.74, 6) is -0.258. The van der Waals surface area contributed by atoms with Crippen molar-refractivity contribution in [2.75, 3.05) is 22.9 Å². The van der Waals surface area contributed by atoms with Crippen LogP contribution in [0.5, 0.6) is 0 Å². The summed E-state index contributed by atoms with van der Waals surface area (Å²) >= 11 is 0. The van der Waals surface area contributed by atoms with Crippen molar-refractivity contribution in [3.8, 4) is 0 Å². The second kappa shape index (κ2) is 6.75. The highest BCUT2D eigenvalue weighted by Crippen LogP contribution is 2.21. The maximum Gasteiger partial charge on any atom is 0.257 e. The van der Waals surface area contributed by atoms with Gasteiger partial charge in [-0.3, -0.25) is 9.59 Å². The van der Waals surface area contributed by atoms with Gasteiger partial charge >= 0.3 is 0 Å². The quantitative estimate of drug-likeness (QED) is 0.831. The number of rotatable bonds is 3. The molecule has 0 fully saturated rings. The lowest BCUT2D eigenvalue weighted by Crippen LogP contribution is -2.37. The number of hydrogen-bond acceptors (Lipinski definition) is 5. The number of carbonyl (C=O) groups is 2. The second-order valence-corrected chi connectivity index (χ2v) is 7.77. The Labute approximate surface area is 151 Å². The fraction of sp³-hybridized carbons (Fsp3) is 0.235. The molecule has 0 saturated carbocycles. The summed E-state index contributed by atoms with van der Waals surface area (Å²) in [5, 5.41) is 5.50. The Morgan fingerprint density at radius 2 is 1.96 bits per heavy atom. The Balaban J connectivity index is 1.73. The molecule has 1 aromatic rings. The number of nitrogens with zero attached hydrogens (tertiary/aromatic N) is 2. The van der Waals surface area contributed by atoms with Crippen molar-refractivity contribution in [1.29, 1.82) is 0 Å². The van der Waals surface area contributed by atoms with Crippen LogP contribution < -0.4 is 10.6 Å². The van der Waals surface area contributed by atoms with Crippen molar-refractivity contribution in [3.63, 3.8) is 0 Å². The zero-order valence-corrected chi connectivity index (χ0v) is 15.1. The van der Waals surface area contributed by atoms with Gasteiger partial charge in [-0.2, -0.15) is 0 Å². The fourth-order valence-corrected chi connectivity index (χ4v) is 3.58. The molecule has 2 aliphatic heterocycles. The van der Waals surface area contributed by atoms with Gasteiger partial charge in [0.05, 0.1) is 11.3 Å². The molecule has 0 saturated heterocycles. The number of hydrogen-bond donors (Lipinski definition) is 2. The summed E-state index contributed by atoms with van der Waals surface area (Å²) in [7, 11) is -3.42. The summed E-state index contributed by atoms with van der Waals surface area (Å²) in [6, 6.07) is 5.18. The van der Waals surface area contributed by atoms with Gasteiger partial charge in [-0.25, -0.2) is 8.42 Å². The molecule has 0 atom stereocenters. The minimum Gasteiger partial charge on any atom is -0.330 e. The van der Waals surface area contributed by atoms with Gasteiger partial charge < -0.3 is 15.5 Å². The van der Waals surface area contributed by atoms with E-state index in [0.717, 1.165) is 5.56 Å². The van der Waals surface area contributed by atoms with Gasteiger partial charge in [-0.15, -0.1) is 4.40 Å². The van der Waals surface area contributed by atoms with Crippen LogP contribution in [0.15, 0.2) is 46.5 Å². The first-order chi connectivity index (χ1) is 12.2. The number of amides is 2. The van der Waals surface area contributed by atoms with Gasteiger partial charge in [-0.1, -0.05) is 0 Å². The van der Waals surface area contributed by atoms with Gasteiger partial charge in [0.2, 0.25) is 5.91 Å². The number of nitrogens with one attached hydrogen (secondary N) is 2. The van der Waals surface area contributed by atoms with Gasteiger partial charge in [0.15, 0.2) is 0 Å². The Kier molecular flexibility index (Phi) is 4.64. The number of aryl methyl sites for hydroxylation is 1. The Hall–Kier alpha value is -2.94. The molecule has 0 spiro atoms. The predicted molar refractivity (Wildman–Crippen MR) is 99.3 cm³/mol. The second-order valence-electron chi connectivity index (χ2n) is 6.01. The summed E-state index contributed by atoms with van der Waals surface area (Å²) in [6.07, 6.45) is 4.63. The van der Waals surface area contributed by atoms with Crippen LogP contribution in [0.2, 0.25) is 0 Å². The van der Waals surface area contributed by atoms with Crippen LogP contribution in [0, 0.1) is 6.92 Å². The molecule has 2 heterocycles. The van der Waals surface area contributed by atoms with E-state index in [9.17, 15) is 18.0 Å². The summed E-state index contributed by atoms with van der Waals surface area (Å²) < 4.78 is 26.7. The lowest BCUT2D eigenvalue weighted by Gasteiger charge is -2.27. The Morgan fingerprint density at radius 3 is 2.65 bits per heavy atom. The third-order valence-electron chi connectivity index (χ3n) is 3.88. The van der Waals surface area contributed by atoms with Gasteiger partial charge in [0.1, 0.15) is 5.84 Å². The molecule has 3 rings (SSSR count). The van der Waals surface area contributed by atoms with Crippen LogP contribution in [0.25, 0.3) is 0 Å².